The van der Waals surface area contributed by atoms with Crippen molar-refractivity contribution in [2.75, 3.05) is 20.0 Å². The Morgan fingerprint density at radius 3 is 1.53 bits per heavy atom. The highest BCUT2D eigenvalue weighted by Crippen LogP contribution is 2.05. The summed E-state index contributed by atoms with van der Waals surface area (Å²) in [6.45, 7) is 7.54. The molecule has 0 aliphatic rings. The van der Waals surface area contributed by atoms with Crippen molar-refractivity contribution in [1.82, 2.24) is 0 Å². The summed E-state index contributed by atoms with van der Waals surface area (Å²) in [5.41, 5.74) is -1.91. The molecule has 0 rings (SSSR count). The lowest BCUT2D eigenvalue weighted by atomic mass is 10.1. The van der Waals surface area contributed by atoms with Gasteiger partial charge in [-0.2, -0.15) is 0 Å². The Morgan fingerprint density at radius 1 is 0.842 bits per heavy atom. The summed E-state index contributed by atoms with van der Waals surface area (Å²) < 4.78 is 10.2. The second-order valence-electron chi connectivity index (χ2n) is 4.67. The predicted molar refractivity (Wildman–Crippen MR) is 74.2 cm³/mol. The van der Waals surface area contributed by atoms with Crippen LogP contribution in [0.3, 0.4) is 0 Å². The van der Waals surface area contributed by atoms with E-state index in [0.29, 0.717) is 12.8 Å². The molecular weight excluding hydrogens is 244 g/mol. The van der Waals surface area contributed by atoms with Crippen LogP contribution in [0.5, 0.6) is 0 Å². The first-order valence-corrected chi connectivity index (χ1v) is 6.43. The fraction of sp³-hybridized carbons (Fsp3) is 0.733. The Hall–Kier alpha value is -1.04. The Labute approximate surface area is 116 Å². The van der Waals surface area contributed by atoms with E-state index in [0.717, 1.165) is 0 Å². The van der Waals surface area contributed by atoms with Gasteiger partial charge in [-0.25, -0.2) is 0 Å². The van der Waals surface area contributed by atoms with E-state index in [2.05, 4.69) is 23.7 Å². The molecule has 4 nitrogen and oxygen atoms in total. The summed E-state index contributed by atoms with van der Waals surface area (Å²) in [5.74, 6) is 10.8. The molecule has 0 bridgehead atoms. The van der Waals surface area contributed by atoms with Crippen LogP contribution in [-0.2, 0) is 9.47 Å². The van der Waals surface area contributed by atoms with Crippen LogP contribution >= 0.6 is 0 Å². The van der Waals surface area contributed by atoms with Gasteiger partial charge in [-0.15, -0.1) is 0 Å². The SMILES string of the molecule is CC[C@](C)(O)C#CCOCOCC#C[C@@](C)(O)CC. The van der Waals surface area contributed by atoms with Gasteiger partial charge in [0, 0.05) is 0 Å². The lowest BCUT2D eigenvalue weighted by Crippen LogP contribution is -2.19. The Kier molecular flexibility index (Phi) is 8.47. The normalized spacial score (nSPS) is 16.3. The maximum Gasteiger partial charge on any atom is 0.149 e. The van der Waals surface area contributed by atoms with Crippen molar-refractivity contribution in [2.24, 2.45) is 0 Å². The maximum absolute atomic E-state index is 9.59. The average Bonchev–Trinajstić information content (AvgIpc) is 2.36. The molecular formula is C15H24O4. The van der Waals surface area contributed by atoms with E-state index in [9.17, 15) is 10.2 Å². The summed E-state index contributed by atoms with van der Waals surface area (Å²) in [6.07, 6.45) is 1.15. The molecule has 19 heavy (non-hydrogen) atoms. The molecule has 0 radical (unpaired) electrons. The van der Waals surface area contributed by atoms with Gasteiger partial charge < -0.3 is 19.7 Å². The van der Waals surface area contributed by atoms with Crippen molar-refractivity contribution >= 4 is 0 Å². The zero-order valence-corrected chi connectivity index (χ0v) is 12.2. The second-order valence-corrected chi connectivity index (χ2v) is 4.67. The number of aliphatic hydroxyl groups is 2. The van der Waals surface area contributed by atoms with Crippen molar-refractivity contribution in [2.45, 2.75) is 51.7 Å². The third-order valence-electron chi connectivity index (χ3n) is 2.61. The van der Waals surface area contributed by atoms with Crippen molar-refractivity contribution in [3.63, 3.8) is 0 Å². The predicted octanol–water partition coefficient (Wildman–Crippen LogP) is 1.31. The Morgan fingerprint density at radius 2 is 1.21 bits per heavy atom. The van der Waals surface area contributed by atoms with Crippen LogP contribution < -0.4 is 0 Å². The summed E-state index contributed by atoms with van der Waals surface area (Å²) >= 11 is 0. The fourth-order valence-corrected chi connectivity index (χ4v) is 0.874. The molecule has 0 spiro atoms. The monoisotopic (exact) mass is 268 g/mol. The number of rotatable bonds is 6. The summed E-state index contributed by atoms with van der Waals surface area (Å²) in [5, 5.41) is 19.2. The van der Waals surface area contributed by atoms with Crippen LogP contribution in [0.15, 0.2) is 0 Å². The van der Waals surface area contributed by atoms with Gasteiger partial charge in [0.1, 0.15) is 31.2 Å². The molecule has 0 fully saturated rings. The standard InChI is InChI=1S/C15H24O4/c1-5-14(3,16)9-7-11-18-13-19-12-8-10-15(4,17)6-2/h16-17H,5-6,11-13H2,1-4H3/t14-,15-/m0/s1. The number of hydrogen-bond acceptors (Lipinski definition) is 4. The molecule has 108 valence electrons. The zero-order chi connectivity index (χ0) is 14.8. The molecule has 2 N–H and O–H groups in total. The minimum absolute atomic E-state index is 0.0892. The van der Waals surface area contributed by atoms with Crippen molar-refractivity contribution < 1.29 is 19.7 Å². The molecule has 4 heteroatoms. The van der Waals surface area contributed by atoms with Crippen molar-refractivity contribution in [3.05, 3.63) is 0 Å². The van der Waals surface area contributed by atoms with Gasteiger partial charge in [-0.1, -0.05) is 37.5 Å². The quantitative estimate of drug-likeness (QED) is 0.433. The number of ether oxygens (including phenoxy) is 2. The molecule has 0 saturated carbocycles. The van der Waals surface area contributed by atoms with Crippen LogP contribution in [0.1, 0.15) is 40.5 Å². The van der Waals surface area contributed by atoms with Crippen LogP contribution in [0.25, 0.3) is 0 Å². The molecule has 0 unspecified atom stereocenters. The molecule has 0 saturated heterocycles. The lowest BCUT2D eigenvalue weighted by molar-refractivity contribution is -0.0297. The van der Waals surface area contributed by atoms with Gasteiger partial charge >= 0.3 is 0 Å². The molecule has 2 atom stereocenters. The lowest BCUT2D eigenvalue weighted by Gasteiger charge is -2.12. The molecule has 0 aromatic rings. The maximum atomic E-state index is 9.59. The summed E-state index contributed by atoms with van der Waals surface area (Å²) in [6, 6.07) is 0. The summed E-state index contributed by atoms with van der Waals surface area (Å²) in [4.78, 5) is 0. The van der Waals surface area contributed by atoms with Gasteiger partial charge in [0.25, 0.3) is 0 Å². The van der Waals surface area contributed by atoms with Crippen LogP contribution in [0.2, 0.25) is 0 Å². The van der Waals surface area contributed by atoms with E-state index in [1.165, 1.54) is 0 Å². The van der Waals surface area contributed by atoms with E-state index in [1.807, 2.05) is 13.8 Å². The topological polar surface area (TPSA) is 58.9 Å². The Balaban J connectivity index is 3.68. The second kappa shape index (κ2) is 8.96. The molecule has 0 aliphatic carbocycles. The largest absolute Gasteiger partial charge is 0.378 e. The summed E-state index contributed by atoms with van der Waals surface area (Å²) in [7, 11) is 0. The molecule has 0 aromatic heterocycles. The molecule has 0 amide bonds. The van der Waals surface area contributed by atoms with E-state index < -0.39 is 11.2 Å². The highest BCUT2D eigenvalue weighted by Gasteiger charge is 2.12. The first-order chi connectivity index (χ1) is 8.83. The highest BCUT2D eigenvalue weighted by atomic mass is 16.7. The molecule has 0 aliphatic heterocycles. The van der Waals surface area contributed by atoms with E-state index in [-0.39, 0.29) is 20.0 Å². The van der Waals surface area contributed by atoms with Gasteiger partial charge in [0.05, 0.1) is 0 Å². The smallest absolute Gasteiger partial charge is 0.149 e. The van der Waals surface area contributed by atoms with Crippen molar-refractivity contribution in [3.8, 4) is 23.7 Å². The van der Waals surface area contributed by atoms with Gasteiger partial charge in [-0.05, 0) is 26.7 Å². The van der Waals surface area contributed by atoms with Crippen LogP contribution in [0, 0.1) is 23.7 Å². The van der Waals surface area contributed by atoms with Crippen molar-refractivity contribution in [1.29, 1.82) is 0 Å². The van der Waals surface area contributed by atoms with Crippen LogP contribution in [-0.4, -0.2) is 41.4 Å². The molecule has 0 heterocycles. The Bertz CT molecular complexity index is 327. The van der Waals surface area contributed by atoms with Gasteiger partial charge in [0.2, 0.25) is 0 Å². The van der Waals surface area contributed by atoms with E-state index >= 15 is 0 Å². The average molecular weight is 268 g/mol. The van der Waals surface area contributed by atoms with Gasteiger partial charge in [-0.3, -0.25) is 0 Å². The fourth-order valence-electron chi connectivity index (χ4n) is 0.874. The minimum atomic E-state index is -0.957. The molecule has 0 aromatic carbocycles. The minimum Gasteiger partial charge on any atom is -0.378 e. The first kappa shape index (κ1) is 18.0. The van der Waals surface area contributed by atoms with E-state index in [1.54, 1.807) is 13.8 Å². The van der Waals surface area contributed by atoms with Crippen LogP contribution in [0.4, 0.5) is 0 Å². The zero-order valence-electron chi connectivity index (χ0n) is 12.2. The first-order valence-electron chi connectivity index (χ1n) is 6.43. The van der Waals surface area contributed by atoms with Gasteiger partial charge in [0.15, 0.2) is 0 Å². The highest BCUT2D eigenvalue weighted by molar-refractivity contribution is 5.12. The number of hydrogen-bond donors (Lipinski definition) is 2. The van der Waals surface area contributed by atoms with E-state index in [4.69, 9.17) is 9.47 Å². The third-order valence-corrected chi connectivity index (χ3v) is 2.61. The third kappa shape index (κ3) is 10.6.